The lowest BCUT2D eigenvalue weighted by molar-refractivity contribution is 0.719. The van der Waals surface area contributed by atoms with Gasteiger partial charge in [-0.25, -0.2) is 4.98 Å². The molecular weight excluding hydrogens is 314 g/mol. The Balaban J connectivity index is 2.12. The fraction of sp³-hybridized carbons (Fsp3) is 0.312. The van der Waals surface area contributed by atoms with Gasteiger partial charge in [-0.3, -0.25) is 0 Å². The minimum atomic E-state index is 0.851. The summed E-state index contributed by atoms with van der Waals surface area (Å²) in [5.41, 5.74) is 2.50. The number of pyridine rings is 1. The van der Waals surface area contributed by atoms with Crippen LogP contribution in [0, 0.1) is 0 Å². The molecule has 1 N–H and O–H groups in total. The molecule has 0 saturated carbocycles. The molecule has 0 atom stereocenters. The molecule has 106 valence electrons. The van der Waals surface area contributed by atoms with Crippen LogP contribution in [0.4, 0.5) is 5.82 Å². The highest BCUT2D eigenvalue weighted by Gasteiger charge is 2.08. The maximum absolute atomic E-state index is 4.52. The zero-order valence-corrected chi connectivity index (χ0v) is 13.5. The highest BCUT2D eigenvalue weighted by atomic mass is 79.9. The molecule has 1 heterocycles. The molecule has 2 rings (SSSR count). The van der Waals surface area contributed by atoms with E-state index in [1.54, 1.807) is 0 Å². The molecule has 20 heavy (non-hydrogen) atoms. The predicted octanol–water partition coefficient (Wildman–Crippen LogP) is 3.59. The van der Waals surface area contributed by atoms with Gasteiger partial charge in [-0.05, 0) is 30.3 Å². The van der Waals surface area contributed by atoms with E-state index < -0.39 is 0 Å². The van der Waals surface area contributed by atoms with E-state index in [-0.39, 0.29) is 0 Å². The summed E-state index contributed by atoms with van der Waals surface area (Å²) in [7, 11) is 2.08. The Morgan fingerprint density at radius 3 is 2.65 bits per heavy atom. The Hall–Kier alpha value is -1.39. The number of hydrogen-bond acceptors (Lipinski definition) is 3. The zero-order valence-electron chi connectivity index (χ0n) is 11.9. The van der Waals surface area contributed by atoms with Crippen LogP contribution in [0.1, 0.15) is 18.1 Å². The van der Waals surface area contributed by atoms with Crippen LogP contribution in [0.2, 0.25) is 0 Å². The maximum atomic E-state index is 4.52. The topological polar surface area (TPSA) is 28.2 Å². The zero-order chi connectivity index (χ0) is 14.4. The first kappa shape index (κ1) is 15.0. The van der Waals surface area contributed by atoms with Gasteiger partial charge in [-0.2, -0.15) is 0 Å². The summed E-state index contributed by atoms with van der Waals surface area (Å²) in [6.45, 7) is 4.78. The number of benzene rings is 1. The van der Waals surface area contributed by atoms with E-state index in [9.17, 15) is 0 Å². The van der Waals surface area contributed by atoms with Crippen molar-refractivity contribution in [2.75, 3.05) is 18.5 Å². The third kappa shape index (κ3) is 4.05. The van der Waals surface area contributed by atoms with Crippen molar-refractivity contribution < 1.29 is 0 Å². The van der Waals surface area contributed by atoms with Crippen molar-refractivity contribution in [1.82, 2.24) is 10.3 Å². The molecule has 0 radical (unpaired) electrons. The molecule has 3 nitrogen and oxygen atoms in total. The van der Waals surface area contributed by atoms with Crippen LogP contribution in [-0.4, -0.2) is 18.6 Å². The molecule has 0 unspecified atom stereocenters. The maximum Gasteiger partial charge on any atom is 0.133 e. The predicted molar refractivity (Wildman–Crippen MR) is 87.9 cm³/mol. The van der Waals surface area contributed by atoms with Gasteiger partial charge in [0, 0.05) is 36.4 Å². The average Bonchev–Trinajstić information content (AvgIpc) is 2.47. The Bertz CT molecular complexity index is 540. The lowest BCUT2D eigenvalue weighted by Gasteiger charge is -2.21. The summed E-state index contributed by atoms with van der Waals surface area (Å²) >= 11 is 3.46. The van der Waals surface area contributed by atoms with Crippen LogP contribution in [-0.2, 0) is 13.1 Å². The van der Waals surface area contributed by atoms with Gasteiger partial charge in [-0.15, -0.1) is 0 Å². The summed E-state index contributed by atoms with van der Waals surface area (Å²) in [4.78, 5) is 6.71. The van der Waals surface area contributed by atoms with Crippen molar-refractivity contribution >= 4 is 21.7 Å². The number of rotatable bonds is 6. The lowest BCUT2D eigenvalue weighted by Crippen LogP contribution is -2.21. The van der Waals surface area contributed by atoms with Crippen LogP contribution < -0.4 is 10.2 Å². The summed E-state index contributed by atoms with van der Waals surface area (Å²) < 4.78 is 1.11. The molecule has 0 aliphatic heterocycles. The van der Waals surface area contributed by atoms with Gasteiger partial charge in [-0.1, -0.05) is 41.1 Å². The molecule has 0 aliphatic rings. The SMILES string of the molecule is CCNCc1cccnc1N(C)Cc1ccc(Br)cc1. The third-order valence-corrected chi connectivity index (χ3v) is 3.66. The first-order valence-corrected chi connectivity index (χ1v) is 7.60. The number of halogens is 1. The van der Waals surface area contributed by atoms with Crippen LogP contribution in [0.25, 0.3) is 0 Å². The van der Waals surface area contributed by atoms with E-state index >= 15 is 0 Å². The molecular formula is C16H20BrN3. The smallest absolute Gasteiger partial charge is 0.133 e. The Morgan fingerprint density at radius 2 is 1.95 bits per heavy atom. The second-order valence-electron chi connectivity index (χ2n) is 4.75. The molecule has 0 saturated heterocycles. The summed E-state index contributed by atoms with van der Waals surface area (Å²) in [6.07, 6.45) is 1.85. The first-order chi connectivity index (χ1) is 9.70. The Morgan fingerprint density at radius 1 is 1.20 bits per heavy atom. The second-order valence-corrected chi connectivity index (χ2v) is 5.66. The second kappa shape index (κ2) is 7.41. The summed E-state index contributed by atoms with van der Waals surface area (Å²) in [6, 6.07) is 12.5. The third-order valence-electron chi connectivity index (χ3n) is 3.13. The van der Waals surface area contributed by atoms with E-state index in [4.69, 9.17) is 0 Å². The fourth-order valence-electron chi connectivity index (χ4n) is 2.11. The molecule has 1 aromatic heterocycles. The van der Waals surface area contributed by atoms with Crippen molar-refractivity contribution in [3.8, 4) is 0 Å². The molecule has 0 aliphatic carbocycles. The van der Waals surface area contributed by atoms with Crippen LogP contribution >= 0.6 is 15.9 Å². The lowest BCUT2D eigenvalue weighted by atomic mass is 10.2. The number of nitrogens with zero attached hydrogens (tertiary/aromatic N) is 2. The van der Waals surface area contributed by atoms with Crippen molar-refractivity contribution in [3.05, 3.63) is 58.2 Å². The minimum absolute atomic E-state index is 0.851. The number of hydrogen-bond donors (Lipinski definition) is 1. The molecule has 2 aromatic rings. The first-order valence-electron chi connectivity index (χ1n) is 6.81. The van der Waals surface area contributed by atoms with Gasteiger partial charge >= 0.3 is 0 Å². The number of aromatic nitrogens is 1. The van der Waals surface area contributed by atoms with Gasteiger partial charge < -0.3 is 10.2 Å². The van der Waals surface area contributed by atoms with E-state index in [0.717, 1.165) is 29.9 Å². The van der Waals surface area contributed by atoms with Crippen molar-refractivity contribution in [2.45, 2.75) is 20.0 Å². The van der Waals surface area contributed by atoms with Crippen LogP contribution in [0.5, 0.6) is 0 Å². The van der Waals surface area contributed by atoms with Gasteiger partial charge in [0.05, 0.1) is 0 Å². The molecule has 0 bridgehead atoms. The van der Waals surface area contributed by atoms with E-state index in [1.165, 1.54) is 11.1 Å². The van der Waals surface area contributed by atoms with Gasteiger partial charge in [0.1, 0.15) is 5.82 Å². The Kier molecular flexibility index (Phi) is 5.56. The quantitative estimate of drug-likeness (QED) is 0.875. The fourth-order valence-corrected chi connectivity index (χ4v) is 2.37. The van der Waals surface area contributed by atoms with E-state index in [2.05, 4.69) is 75.4 Å². The van der Waals surface area contributed by atoms with E-state index in [1.807, 2.05) is 12.3 Å². The highest BCUT2D eigenvalue weighted by Crippen LogP contribution is 2.19. The minimum Gasteiger partial charge on any atom is -0.355 e. The summed E-state index contributed by atoms with van der Waals surface area (Å²) in [5.74, 6) is 1.04. The number of nitrogens with one attached hydrogen (secondary N) is 1. The standard InChI is InChI=1S/C16H20BrN3/c1-3-18-11-14-5-4-10-19-16(14)20(2)12-13-6-8-15(17)9-7-13/h4-10,18H,3,11-12H2,1-2H3. The Labute approximate surface area is 129 Å². The monoisotopic (exact) mass is 333 g/mol. The van der Waals surface area contributed by atoms with Crippen molar-refractivity contribution in [2.24, 2.45) is 0 Å². The van der Waals surface area contributed by atoms with Gasteiger partial charge in [0.25, 0.3) is 0 Å². The van der Waals surface area contributed by atoms with Gasteiger partial charge in [0.15, 0.2) is 0 Å². The molecule has 0 fully saturated rings. The average molecular weight is 334 g/mol. The largest absolute Gasteiger partial charge is 0.355 e. The molecule has 0 amide bonds. The van der Waals surface area contributed by atoms with Crippen LogP contribution in [0.3, 0.4) is 0 Å². The molecule has 0 spiro atoms. The molecule has 1 aromatic carbocycles. The number of anilines is 1. The molecule has 4 heteroatoms. The van der Waals surface area contributed by atoms with Crippen molar-refractivity contribution in [1.29, 1.82) is 0 Å². The van der Waals surface area contributed by atoms with Gasteiger partial charge in [0.2, 0.25) is 0 Å². The van der Waals surface area contributed by atoms with Crippen LogP contribution in [0.15, 0.2) is 47.1 Å². The van der Waals surface area contributed by atoms with E-state index in [0.29, 0.717) is 0 Å². The highest BCUT2D eigenvalue weighted by molar-refractivity contribution is 9.10. The normalized spacial score (nSPS) is 10.6. The van der Waals surface area contributed by atoms with Crippen molar-refractivity contribution in [3.63, 3.8) is 0 Å². The summed E-state index contributed by atoms with van der Waals surface area (Å²) in [5, 5.41) is 3.36.